The quantitative estimate of drug-likeness (QED) is 0.801. The number of aliphatic hydroxyl groups is 1. The summed E-state index contributed by atoms with van der Waals surface area (Å²) in [7, 11) is 0. The van der Waals surface area contributed by atoms with Crippen LogP contribution >= 0.6 is 11.8 Å². The van der Waals surface area contributed by atoms with E-state index in [9.17, 15) is 5.11 Å². The van der Waals surface area contributed by atoms with Crippen LogP contribution in [0.5, 0.6) is 11.5 Å². The number of aliphatic hydroxyl groups excluding tert-OH is 1. The van der Waals surface area contributed by atoms with Crippen LogP contribution in [0.4, 0.5) is 0 Å². The Kier molecular flexibility index (Phi) is 3.96. The lowest BCUT2D eigenvalue weighted by atomic mass is 10.1. The Labute approximate surface area is 99.8 Å². The van der Waals surface area contributed by atoms with E-state index in [0.717, 1.165) is 28.6 Å². The van der Waals surface area contributed by atoms with Crippen molar-refractivity contribution in [3.8, 4) is 11.5 Å². The SMILES string of the molecule is CCSCCOc1ccc2c(c1)OCC2O. The monoisotopic (exact) mass is 240 g/mol. The van der Waals surface area contributed by atoms with Gasteiger partial charge in [0.2, 0.25) is 0 Å². The van der Waals surface area contributed by atoms with Crippen LogP contribution in [-0.4, -0.2) is 29.8 Å². The predicted molar refractivity (Wildman–Crippen MR) is 65.4 cm³/mol. The predicted octanol–water partition coefficient (Wildman–Crippen LogP) is 2.24. The summed E-state index contributed by atoms with van der Waals surface area (Å²) in [5.74, 6) is 3.66. The second kappa shape index (κ2) is 5.46. The minimum atomic E-state index is -0.486. The van der Waals surface area contributed by atoms with Crippen LogP contribution in [-0.2, 0) is 0 Å². The van der Waals surface area contributed by atoms with E-state index >= 15 is 0 Å². The fourth-order valence-corrected chi connectivity index (χ4v) is 2.12. The number of hydrogen-bond acceptors (Lipinski definition) is 4. The third kappa shape index (κ3) is 2.62. The van der Waals surface area contributed by atoms with Crippen molar-refractivity contribution in [3.63, 3.8) is 0 Å². The molecule has 3 nitrogen and oxygen atoms in total. The highest BCUT2D eigenvalue weighted by atomic mass is 32.2. The lowest BCUT2D eigenvalue weighted by Gasteiger charge is -2.07. The number of benzene rings is 1. The third-order valence-corrected chi connectivity index (χ3v) is 3.30. The maximum absolute atomic E-state index is 9.55. The fraction of sp³-hybridized carbons (Fsp3) is 0.500. The van der Waals surface area contributed by atoms with Gasteiger partial charge in [0, 0.05) is 17.4 Å². The molecule has 0 aliphatic carbocycles. The molecule has 2 rings (SSSR count). The van der Waals surface area contributed by atoms with Gasteiger partial charge in [0.15, 0.2) is 0 Å². The molecule has 16 heavy (non-hydrogen) atoms. The zero-order valence-corrected chi connectivity index (χ0v) is 10.1. The summed E-state index contributed by atoms with van der Waals surface area (Å²) >= 11 is 1.86. The van der Waals surface area contributed by atoms with Crippen LogP contribution in [0.3, 0.4) is 0 Å². The van der Waals surface area contributed by atoms with Gasteiger partial charge in [0.1, 0.15) is 24.2 Å². The van der Waals surface area contributed by atoms with Crippen molar-refractivity contribution in [1.82, 2.24) is 0 Å². The molecule has 0 aromatic heterocycles. The Morgan fingerprint density at radius 3 is 3.25 bits per heavy atom. The van der Waals surface area contributed by atoms with Crippen molar-refractivity contribution < 1.29 is 14.6 Å². The van der Waals surface area contributed by atoms with E-state index < -0.39 is 6.10 Å². The van der Waals surface area contributed by atoms with Crippen LogP contribution in [0, 0.1) is 0 Å². The molecule has 4 heteroatoms. The van der Waals surface area contributed by atoms with Crippen LogP contribution in [0.25, 0.3) is 0 Å². The average molecular weight is 240 g/mol. The van der Waals surface area contributed by atoms with Crippen molar-refractivity contribution in [2.45, 2.75) is 13.0 Å². The average Bonchev–Trinajstić information content (AvgIpc) is 2.66. The van der Waals surface area contributed by atoms with Crippen LogP contribution in [0.1, 0.15) is 18.6 Å². The number of fused-ring (bicyclic) bond motifs is 1. The van der Waals surface area contributed by atoms with Gasteiger partial charge < -0.3 is 14.6 Å². The molecule has 0 spiro atoms. The maximum atomic E-state index is 9.55. The van der Waals surface area contributed by atoms with E-state index in [-0.39, 0.29) is 0 Å². The third-order valence-electron chi connectivity index (χ3n) is 2.44. The molecule has 0 radical (unpaired) electrons. The van der Waals surface area contributed by atoms with Gasteiger partial charge in [-0.05, 0) is 17.9 Å². The first-order chi connectivity index (χ1) is 7.81. The largest absolute Gasteiger partial charge is 0.493 e. The highest BCUT2D eigenvalue weighted by molar-refractivity contribution is 7.99. The van der Waals surface area contributed by atoms with Crippen molar-refractivity contribution in [3.05, 3.63) is 23.8 Å². The smallest absolute Gasteiger partial charge is 0.129 e. The lowest BCUT2D eigenvalue weighted by molar-refractivity contribution is 0.140. The van der Waals surface area contributed by atoms with Gasteiger partial charge in [-0.25, -0.2) is 0 Å². The van der Waals surface area contributed by atoms with E-state index in [4.69, 9.17) is 9.47 Å². The molecule has 1 unspecified atom stereocenters. The van der Waals surface area contributed by atoms with Crippen molar-refractivity contribution in [2.75, 3.05) is 24.7 Å². The van der Waals surface area contributed by atoms with E-state index in [1.807, 2.05) is 30.0 Å². The summed E-state index contributed by atoms with van der Waals surface area (Å²) in [5, 5.41) is 9.55. The molecule has 1 aliphatic heterocycles. The topological polar surface area (TPSA) is 38.7 Å². The standard InChI is InChI=1S/C12H16O3S/c1-2-16-6-5-14-9-3-4-10-11(13)8-15-12(10)7-9/h3-4,7,11,13H,2,5-6,8H2,1H3. The molecule has 0 saturated carbocycles. The molecule has 88 valence electrons. The van der Waals surface area contributed by atoms with Gasteiger partial charge in [0.25, 0.3) is 0 Å². The maximum Gasteiger partial charge on any atom is 0.129 e. The van der Waals surface area contributed by atoms with Crippen molar-refractivity contribution in [2.24, 2.45) is 0 Å². The Morgan fingerprint density at radius 1 is 1.56 bits per heavy atom. The summed E-state index contributed by atoms with van der Waals surface area (Å²) in [6.45, 7) is 3.19. The van der Waals surface area contributed by atoms with E-state index in [1.165, 1.54) is 0 Å². The second-order valence-corrected chi connectivity index (χ2v) is 4.97. The molecule has 1 aliphatic rings. The van der Waals surface area contributed by atoms with Crippen LogP contribution in [0.2, 0.25) is 0 Å². The summed E-state index contributed by atoms with van der Waals surface area (Å²) in [6, 6.07) is 5.60. The zero-order valence-electron chi connectivity index (χ0n) is 9.31. The van der Waals surface area contributed by atoms with Gasteiger partial charge in [-0.3, -0.25) is 0 Å². The molecule has 0 bridgehead atoms. The van der Waals surface area contributed by atoms with Crippen LogP contribution < -0.4 is 9.47 Å². The van der Waals surface area contributed by atoms with Crippen LogP contribution in [0.15, 0.2) is 18.2 Å². The van der Waals surface area contributed by atoms with E-state index in [1.54, 1.807) is 0 Å². The molecule has 0 fully saturated rings. The van der Waals surface area contributed by atoms with Gasteiger partial charge in [-0.2, -0.15) is 11.8 Å². The zero-order chi connectivity index (χ0) is 11.4. The molecule has 1 aromatic carbocycles. The van der Waals surface area contributed by atoms with Gasteiger partial charge in [-0.15, -0.1) is 0 Å². The number of ether oxygens (including phenoxy) is 2. The summed E-state index contributed by atoms with van der Waals surface area (Å²) in [5.41, 5.74) is 0.857. The Bertz CT molecular complexity index is 354. The molecular formula is C12H16O3S. The summed E-state index contributed by atoms with van der Waals surface area (Å²) < 4.78 is 10.9. The minimum Gasteiger partial charge on any atom is -0.493 e. The Hall–Kier alpha value is -0.870. The molecular weight excluding hydrogens is 224 g/mol. The fourth-order valence-electron chi connectivity index (χ4n) is 1.63. The Morgan fingerprint density at radius 2 is 2.44 bits per heavy atom. The minimum absolute atomic E-state index is 0.352. The molecule has 1 heterocycles. The highest BCUT2D eigenvalue weighted by Gasteiger charge is 2.21. The first-order valence-corrected chi connectivity index (χ1v) is 6.62. The van der Waals surface area contributed by atoms with Crippen molar-refractivity contribution >= 4 is 11.8 Å². The number of thioether (sulfide) groups is 1. The first kappa shape index (κ1) is 11.6. The van der Waals surface area contributed by atoms with Gasteiger partial charge >= 0.3 is 0 Å². The second-order valence-electron chi connectivity index (χ2n) is 3.57. The summed E-state index contributed by atoms with van der Waals surface area (Å²) in [6.07, 6.45) is -0.486. The molecule has 0 saturated heterocycles. The molecule has 1 atom stereocenters. The molecule has 1 aromatic rings. The summed E-state index contributed by atoms with van der Waals surface area (Å²) in [4.78, 5) is 0. The highest BCUT2D eigenvalue weighted by Crippen LogP contribution is 2.34. The van der Waals surface area contributed by atoms with E-state index in [2.05, 4.69) is 6.92 Å². The normalized spacial score (nSPS) is 18.0. The van der Waals surface area contributed by atoms with Gasteiger partial charge in [-0.1, -0.05) is 6.92 Å². The van der Waals surface area contributed by atoms with Crippen molar-refractivity contribution in [1.29, 1.82) is 0 Å². The van der Waals surface area contributed by atoms with E-state index in [0.29, 0.717) is 13.2 Å². The molecule has 1 N–H and O–H groups in total. The molecule has 0 amide bonds. The number of hydrogen-bond donors (Lipinski definition) is 1. The lowest BCUT2D eigenvalue weighted by Crippen LogP contribution is -2.00. The first-order valence-electron chi connectivity index (χ1n) is 5.46. The number of rotatable bonds is 5. The van der Waals surface area contributed by atoms with Gasteiger partial charge in [0.05, 0.1) is 6.61 Å². The Balaban J connectivity index is 1.92.